The van der Waals surface area contributed by atoms with Crippen molar-refractivity contribution in [3.8, 4) is 34.6 Å². The number of hydrogen-bond donors (Lipinski definition) is 1. The third-order valence-electron chi connectivity index (χ3n) is 6.67. The van der Waals surface area contributed by atoms with E-state index in [1.54, 1.807) is 51.2 Å². The molecule has 204 valence electrons. The highest BCUT2D eigenvalue weighted by Gasteiger charge is 2.47. The summed E-state index contributed by atoms with van der Waals surface area (Å²) in [6, 6.07) is 10.7. The molecule has 0 unspecified atom stereocenters. The molecule has 1 fully saturated rings. The highest BCUT2D eigenvalue weighted by atomic mass is 32.2. The van der Waals surface area contributed by atoms with Crippen molar-refractivity contribution >= 4 is 23.0 Å². The van der Waals surface area contributed by atoms with E-state index >= 15 is 0 Å². The van der Waals surface area contributed by atoms with Crippen molar-refractivity contribution in [2.24, 2.45) is 10.4 Å². The van der Waals surface area contributed by atoms with E-state index in [0.717, 1.165) is 5.56 Å². The van der Waals surface area contributed by atoms with Crippen molar-refractivity contribution < 1.29 is 23.4 Å². The number of ether oxygens (including phenoxy) is 3. The lowest BCUT2D eigenvalue weighted by atomic mass is 9.81. The molecule has 6 rings (SSSR count). The number of aliphatic imine (C=N–C) groups is 1. The summed E-state index contributed by atoms with van der Waals surface area (Å²) >= 11 is 1.39. The van der Waals surface area contributed by atoms with Gasteiger partial charge in [0, 0.05) is 40.4 Å². The van der Waals surface area contributed by atoms with Crippen molar-refractivity contribution in [2.45, 2.75) is 38.8 Å². The van der Waals surface area contributed by atoms with Gasteiger partial charge in [-0.15, -0.1) is 0 Å². The second kappa shape index (κ2) is 9.61. The van der Waals surface area contributed by atoms with E-state index in [4.69, 9.17) is 19.2 Å². The van der Waals surface area contributed by atoms with Crippen LogP contribution in [-0.4, -0.2) is 45.8 Å². The molecule has 1 saturated heterocycles. The van der Waals surface area contributed by atoms with Crippen LogP contribution in [0, 0.1) is 23.2 Å². The standard InChI is InChI=1S/C30H27FN4O4S/c1-28(2,3)39-27(36)34-26-35-30(17-40-26)21-13-19(20-6-5-11-32-24(20)31)7-8-23(21)38-25-22(30)12-18(14-33-25)9-10-29(4)15-37-16-29/h5-8,11-14H,15-17H2,1-4H3,(H,34,35,36)/t30-/m0/s1. The Hall–Kier alpha value is -3.94. The molecule has 0 radical (unpaired) electrons. The molecular formula is C30H27FN4O4S. The normalized spacial score (nSPS) is 20.2. The Morgan fingerprint density at radius 2 is 2.00 bits per heavy atom. The molecule has 5 heterocycles. The largest absolute Gasteiger partial charge is 0.444 e. The van der Waals surface area contributed by atoms with Gasteiger partial charge in [-0.25, -0.2) is 19.8 Å². The molecule has 3 aliphatic heterocycles. The molecule has 0 saturated carbocycles. The Balaban J connectivity index is 1.46. The highest BCUT2D eigenvalue weighted by Crippen LogP contribution is 2.53. The van der Waals surface area contributed by atoms with Gasteiger partial charge in [0.15, 0.2) is 5.17 Å². The van der Waals surface area contributed by atoms with E-state index in [0.29, 0.717) is 58.0 Å². The number of fused-ring (bicyclic) bond motifs is 4. The van der Waals surface area contributed by atoms with Gasteiger partial charge in [-0.05, 0) is 63.6 Å². The second-order valence-electron chi connectivity index (χ2n) is 11.2. The van der Waals surface area contributed by atoms with Crippen LogP contribution in [0.25, 0.3) is 11.1 Å². The number of rotatable bonds is 1. The molecule has 0 aliphatic carbocycles. The Kier molecular flexibility index (Phi) is 6.32. The Bertz CT molecular complexity index is 1620. The molecule has 1 aromatic carbocycles. The fraction of sp³-hybridized carbons (Fsp3) is 0.333. The summed E-state index contributed by atoms with van der Waals surface area (Å²) in [5.41, 5.74) is 1.31. The van der Waals surface area contributed by atoms with Crippen LogP contribution in [0.2, 0.25) is 0 Å². The van der Waals surface area contributed by atoms with E-state index in [2.05, 4.69) is 34.0 Å². The van der Waals surface area contributed by atoms with Gasteiger partial charge in [0.05, 0.1) is 18.6 Å². The number of amidine groups is 1. The number of alkyl carbamates (subject to hydrolysis) is 1. The van der Waals surface area contributed by atoms with Crippen molar-refractivity contribution in [1.29, 1.82) is 0 Å². The van der Waals surface area contributed by atoms with Crippen LogP contribution in [0.1, 0.15) is 44.4 Å². The second-order valence-corrected chi connectivity index (χ2v) is 12.2. The topological polar surface area (TPSA) is 94.9 Å². The first kappa shape index (κ1) is 26.3. The summed E-state index contributed by atoms with van der Waals surface area (Å²) < 4.78 is 31.6. The van der Waals surface area contributed by atoms with E-state index in [-0.39, 0.29) is 5.41 Å². The maximum Gasteiger partial charge on any atom is 0.413 e. The van der Waals surface area contributed by atoms with Crippen LogP contribution in [0.3, 0.4) is 0 Å². The van der Waals surface area contributed by atoms with Crippen LogP contribution in [0.4, 0.5) is 9.18 Å². The monoisotopic (exact) mass is 558 g/mol. The highest BCUT2D eigenvalue weighted by molar-refractivity contribution is 8.14. The van der Waals surface area contributed by atoms with Gasteiger partial charge < -0.3 is 14.2 Å². The first-order valence-corrected chi connectivity index (χ1v) is 13.8. The number of amides is 1. The average Bonchev–Trinajstić information content (AvgIpc) is 3.30. The zero-order valence-corrected chi connectivity index (χ0v) is 23.3. The van der Waals surface area contributed by atoms with Crippen LogP contribution in [0.15, 0.2) is 53.8 Å². The molecule has 0 bridgehead atoms. The van der Waals surface area contributed by atoms with Gasteiger partial charge >= 0.3 is 6.09 Å². The number of pyridine rings is 2. The Morgan fingerprint density at radius 1 is 1.18 bits per heavy atom. The fourth-order valence-corrected chi connectivity index (χ4v) is 5.80. The lowest BCUT2D eigenvalue weighted by Gasteiger charge is -2.34. The van der Waals surface area contributed by atoms with Crippen molar-refractivity contribution in [3.63, 3.8) is 0 Å². The van der Waals surface area contributed by atoms with Crippen LogP contribution >= 0.6 is 11.8 Å². The number of carbonyl (C=O) groups is 1. The van der Waals surface area contributed by atoms with Gasteiger partial charge in [-0.1, -0.05) is 29.7 Å². The maximum atomic E-state index is 14.7. The number of carbonyl (C=O) groups excluding carboxylic acids is 1. The third kappa shape index (κ3) is 4.91. The molecule has 1 atom stereocenters. The number of halogens is 1. The summed E-state index contributed by atoms with van der Waals surface area (Å²) in [5.74, 6) is 7.35. The number of thioether (sulfide) groups is 1. The van der Waals surface area contributed by atoms with Gasteiger partial charge in [0.2, 0.25) is 11.8 Å². The van der Waals surface area contributed by atoms with E-state index in [1.807, 2.05) is 12.1 Å². The summed E-state index contributed by atoms with van der Waals surface area (Å²) in [5, 5.41) is 3.18. The summed E-state index contributed by atoms with van der Waals surface area (Å²) in [7, 11) is 0. The van der Waals surface area contributed by atoms with Gasteiger partial charge in [-0.3, -0.25) is 5.32 Å². The fourth-order valence-electron chi connectivity index (χ4n) is 4.70. The SMILES string of the molecule is CC1(C#Cc2cnc3c(c2)[C@]2(CSC(NC(=O)OC(C)(C)C)=N2)c2cc(-c4cccnc4F)ccc2O3)COC1. The molecule has 40 heavy (non-hydrogen) atoms. The van der Waals surface area contributed by atoms with E-state index in [1.165, 1.54) is 18.0 Å². The van der Waals surface area contributed by atoms with Gasteiger partial charge in [0.1, 0.15) is 16.9 Å². The first-order valence-electron chi connectivity index (χ1n) is 12.8. The number of aromatic nitrogens is 2. The zero-order valence-electron chi connectivity index (χ0n) is 22.5. The minimum atomic E-state index is -0.971. The molecule has 8 nitrogen and oxygen atoms in total. The maximum absolute atomic E-state index is 14.7. The molecule has 1 N–H and O–H groups in total. The van der Waals surface area contributed by atoms with Crippen LogP contribution in [0.5, 0.6) is 11.6 Å². The summed E-state index contributed by atoms with van der Waals surface area (Å²) in [6.45, 7) is 8.63. The van der Waals surface area contributed by atoms with E-state index in [9.17, 15) is 9.18 Å². The number of benzene rings is 1. The Morgan fingerprint density at radius 3 is 2.73 bits per heavy atom. The minimum absolute atomic E-state index is 0.189. The molecule has 10 heteroatoms. The summed E-state index contributed by atoms with van der Waals surface area (Å²) in [6.07, 6.45) is 2.50. The average molecular weight is 559 g/mol. The predicted octanol–water partition coefficient (Wildman–Crippen LogP) is 5.65. The lowest BCUT2D eigenvalue weighted by Crippen LogP contribution is -2.38. The zero-order chi connectivity index (χ0) is 28.1. The van der Waals surface area contributed by atoms with Crippen molar-refractivity contribution in [1.82, 2.24) is 15.3 Å². The van der Waals surface area contributed by atoms with Crippen molar-refractivity contribution in [2.75, 3.05) is 19.0 Å². The number of nitrogens with one attached hydrogen (secondary N) is 1. The smallest absolute Gasteiger partial charge is 0.413 e. The number of nitrogens with zero attached hydrogens (tertiary/aromatic N) is 3. The quantitative estimate of drug-likeness (QED) is 0.305. The third-order valence-corrected chi connectivity index (χ3v) is 7.70. The van der Waals surface area contributed by atoms with E-state index < -0.39 is 23.2 Å². The van der Waals surface area contributed by atoms with Crippen LogP contribution < -0.4 is 10.1 Å². The van der Waals surface area contributed by atoms with Gasteiger partial charge in [0.25, 0.3) is 0 Å². The first-order chi connectivity index (χ1) is 19.0. The molecule has 2 aromatic heterocycles. The van der Waals surface area contributed by atoms with Crippen molar-refractivity contribution in [3.05, 3.63) is 71.4 Å². The lowest BCUT2D eigenvalue weighted by molar-refractivity contribution is -0.0648. The molecule has 1 amide bonds. The van der Waals surface area contributed by atoms with Crippen LogP contribution in [-0.2, 0) is 15.0 Å². The molecule has 1 spiro atoms. The molecule has 3 aromatic rings. The number of hydrogen-bond acceptors (Lipinski definition) is 8. The minimum Gasteiger partial charge on any atom is -0.444 e. The Labute approximate surface area is 235 Å². The summed E-state index contributed by atoms with van der Waals surface area (Å²) in [4.78, 5) is 26.0. The molecular weight excluding hydrogens is 531 g/mol. The molecule has 3 aliphatic rings. The predicted molar refractivity (Wildman–Crippen MR) is 150 cm³/mol. The van der Waals surface area contributed by atoms with Gasteiger partial charge in [-0.2, -0.15) is 4.39 Å².